The Morgan fingerprint density at radius 2 is 1.70 bits per heavy atom. The number of nitrogens with one attached hydrogen (secondary N) is 1. The van der Waals surface area contributed by atoms with Gasteiger partial charge in [-0.2, -0.15) is 0 Å². The van der Waals surface area contributed by atoms with Crippen LogP contribution in [0.15, 0.2) is 29.3 Å². The van der Waals surface area contributed by atoms with Crippen molar-refractivity contribution < 1.29 is 14.2 Å². The first-order valence-corrected chi connectivity index (χ1v) is 10.7. The molecule has 0 unspecified atom stereocenters. The van der Waals surface area contributed by atoms with Crippen LogP contribution in [0.2, 0.25) is 0 Å². The molecule has 0 aromatic heterocycles. The molecule has 0 saturated carbocycles. The summed E-state index contributed by atoms with van der Waals surface area (Å²) in [5, 5.41) is 3.20. The summed E-state index contributed by atoms with van der Waals surface area (Å²) in [6, 6.07) is 8.07. The molecule has 3 N–H and O–H groups in total. The van der Waals surface area contributed by atoms with Crippen LogP contribution in [0.3, 0.4) is 0 Å². The van der Waals surface area contributed by atoms with E-state index in [4.69, 9.17) is 19.9 Å². The monoisotopic (exact) mass is 533 g/mol. The summed E-state index contributed by atoms with van der Waals surface area (Å²) in [5.41, 5.74) is 7.09. The Bertz CT molecular complexity index is 622. The normalized spacial score (nSPS) is 18.6. The zero-order chi connectivity index (χ0) is 20.2. The molecule has 30 heavy (non-hydrogen) atoms. The van der Waals surface area contributed by atoms with Gasteiger partial charge in [0.05, 0.1) is 33.0 Å². The molecule has 2 aliphatic heterocycles. The third-order valence-electron chi connectivity index (χ3n) is 5.17. The first-order chi connectivity index (χ1) is 14.3. The molecule has 0 radical (unpaired) electrons. The quantitative estimate of drug-likeness (QED) is 0.202. The van der Waals surface area contributed by atoms with E-state index >= 15 is 0 Å². The van der Waals surface area contributed by atoms with Gasteiger partial charge in [0.2, 0.25) is 0 Å². The highest BCUT2D eigenvalue weighted by atomic mass is 127. The van der Waals surface area contributed by atoms with E-state index in [2.05, 4.69) is 20.1 Å². The number of ether oxygens (including phenoxy) is 3. The predicted octanol–water partition coefficient (Wildman–Crippen LogP) is 1.14. The molecule has 0 amide bonds. The average Bonchev–Trinajstić information content (AvgIpc) is 2.77. The van der Waals surface area contributed by atoms with Gasteiger partial charge in [-0.25, -0.2) is 4.99 Å². The van der Waals surface area contributed by atoms with E-state index in [0.717, 1.165) is 90.0 Å². The van der Waals surface area contributed by atoms with E-state index < -0.39 is 0 Å². The molecule has 3 rings (SSSR count). The van der Waals surface area contributed by atoms with Gasteiger partial charge in [-0.1, -0.05) is 12.1 Å². The predicted molar refractivity (Wildman–Crippen MR) is 130 cm³/mol. The molecule has 1 aromatic rings. The maximum atomic E-state index is 6.00. The van der Waals surface area contributed by atoms with Crippen molar-refractivity contribution in [2.75, 3.05) is 78.8 Å². The fourth-order valence-corrected chi connectivity index (χ4v) is 3.43. The lowest BCUT2D eigenvalue weighted by atomic mass is 10.2. The third-order valence-corrected chi connectivity index (χ3v) is 5.17. The Hall–Kier alpha value is -1.14. The van der Waals surface area contributed by atoms with Crippen LogP contribution in [0, 0.1) is 0 Å². The second-order valence-corrected chi connectivity index (χ2v) is 7.39. The van der Waals surface area contributed by atoms with E-state index in [1.807, 2.05) is 24.3 Å². The van der Waals surface area contributed by atoms with Crippen LogP contribution in [0.1, 0.15) is 12.0 Å². The molecular weight excluding hydrogens is 497 g/mol. The van der Waals surface area contributed by atoms with Gasteiger partial charge in [-0.3, -0.25) is 9.80 Å². The summed E-state index contributed by atoms with van der Waals surface area (Å²) in [6.45, 7) is 11.4. The number of hydrogen-bond acceptors (Lipinski definition) is 6. The summed E-state index contributed by atoms with van der Waals surface area (Å²) in [5.74, 6) is 1.37. The molecule has 0 atom stereocenters. The van der Waals surface area contributed by atoms with E-state index in [0.29, 0.717) is 19.1 Å². The van der Waals surface area contributed by atoms with Crippen molar-refractivity contribution in [3.63, 3.8) is 0 Å². The van der Waals surface area contributed by atoms with Crippen LogP contribution in [0.4, 0.5) is 0 Å². The Kier molecular flexibility index (Phi) is 12.4. The molecule has 8 nitrogen and oxygen atoms in total. The Balaban J connectivity index is 0.00000320. The average molecular weight is 533 g/mol. The summed E-state index contributed by atoms with van der Waals surface area (Å²) >= 11 is 0. The van der Waals surface area contributed by atoms with E-state index in [9.17, 15) is 0 Å². The zero-order valence-corrected chi connectivity index (χ0v) is 20.1. The number of nitrogens with two attached hydrogens (primary N) is 1. The lowest BCUT2D eigenvalue weighted by Crippen LogP contribution is -2.39. The van der Waals surface area contributed by atoms with Gasteiger partial charge in [0.25, 0.3) is 0 Å². The highest BCUT2D eigenvalue weighted by Crippen LogP contribution is 2.14. The number of benzene rings is 1. The maximum absolute atomic E-state index is 6.00. The van der Waals surface area contributed by atoms with Crippen molar-refractivity contribution in [3.8, 4) is 5.75 Å². The minimum absolute atomic E-state index is 0. The molecule has 0 bridgehead atoms. The Morgan fingerprint density at radius 3 is 2.40 bits per heavy atom. The lowest BCUT2D eigenvalue weighted by molar-refractivity contribution is 0.0322. The van der Waals surface area contributed by atoms with Gasteiger partial charge in [0.15, 0.2) is 5.96 Å². The van der Waals surface area contributed by atoms with Crippen molar-refractivity contribution in [3.05, 3.63) is 29.8 Å². The molecule has 2 saturated heterocycles. The largest absolute Gasteiger partial charge is 0.492 e. The topological polar surface area (TPSA) is 84.6 Å². The Morgan fingerprint density at radius 1 is 1.03 bits per heavy atom. The summed E-state index contributed by atoms with van der Waals surface area (Å²) in [7, 11) is 0. The molecule has 0 aliphatic carbocycles. The van der Waals surface area contributed by atoms with Crippen molar-refractivity contribution >= 4 is 29.9 Å². The summed E-state index contributed by atoms with van der Waals surface area (Å²) in [6.07, 6.45) is 1.04. The van der Waals surface area contributed by atoms with Crippen LogP contribution < -0.4 is 15.8 Å². The van der Waals surface area contributed by atoms with Crippen molar-refractivity contribution in [2.24, 2.45) is 10.7 Å². The lowest BCUT2D eigenvalue weighted by Gasteiger charge is -2.26. The molecule has 2 aliphatic rings. The Labute approximate surface area is 197 Å². The third kappa shape index (κ3) is 9.78. The number of nitrogens with zero attached hydrogens (tertiary/aromatic N) is 3. The van der Waals surface area contributed by atoms with Gasteiger partial charge in [-0.15, -0.1) is 24.0 Å². The summed E-state index contributed by atoms with van der Waals surface area (Å²) in [4.78, 5) is 9.23. The fraction of sp³-hybridized carbons (Fsp3) is 0.667. The number of aliphatic imine (C=N–C) groups is 1. The van der Waals surface area contributed by atoms with E-state index in [1.54, 1.807) is 0 Å². The molecule has 2 heterocycles. The minimum atomic E-state index is 0. The van der Waals surface area contributed by atoms with Gasteiger partial charge in [0, 0.05) is 39.3 Å². The molecule has 9 heteroatoms. The first-order valence-electron chi connectivity index (χ1n) is 10.7. The van der Waals surface area contributed by atoms with Crippen LogP contribution in [0.5, 0.6) is 5.75 Å². The van der Waals surface area contributed by atoms with Gasteiger partial charge < -0.3 is 25.3 Å². The maximum Gasteiger partial charge on any atom is 0.188 e. The van der Waals surface area contributed by atoms with Gasteiger partial charge in [0.1, 0.15) is 12.4 Å². The standard InChI is InChI=1S/C21H35N5O3.HI/c22-21(23-5-2-6-25-7-12-27-13-8-25)24-18-19-3-1-4-20(17-19)29-16-11-26-9-14-28-15-10-26;/h1,3-4,17H,2,5-16,18H2,(H3,22,23,24);1H. The molecule has 170 valence electrons. The van der Waals surface area contributed by atoms with Crippen LogP contribution in [-0.2, 0) is 16.0 Å². The number of halogens is 1. The number of hydrogen-bond donors (Lipinski definition) is 2. The number of rotatable bonds is 10. The van der Waals surface area contributed by atoms with E-state index in [1.165, 1.54) is 0 Å². The zero-order valence-electron chi connectivity index (χ0n) is 17.8. The molecule has 0 spiro atoms. The number of morpholine rings is 2. The smallest absolute Gasteiger partial charge is 0.188 e. The minimum Gasteiger partial charge on any atom is -0.492 e. The van der Waals surface area contributed by atoms with Crippen LogP contribution >= 0.6 is 24.0 Å². The molecular formula is C21H36IN5O3. The highest BCUT2D eigenvalue weighted by Gasteiger charge is 2.10. The van der Waals surface area contributed by atoms with Crippen LogP contribution in [-0.4, -0.2) is 94.6 Å². The fourth-order valence-electron chi connectivity index (χ4n) is 3.43. The first kappa shape index (κ1) is 25.1. The van der Waals surface area contributed by atoms with Crippen molar-refractivity contribution in [2.45, 2.75) is 13.0 Å². The van der Waals surface area contributed by atoms with Gasteiger partial charge >= 0.3 is 0 Å². The van der Waals surface area contributed by atoms with Gasteiger partial charge in [-0.05, 0) is 30.7 Å². The van der Waals surface area contributed by atoms with E-state index in [-0.39, 0.29) is 24.0 Å². The second kappa shape index (κ2) is 14.8. The van der Waals surface area contributed by atoms with Crippen molar-refractivity contribution in [1.29, 1.82) is 0 Å². The second-order valence-electron chi connectivity index (χ2n) is 7.39. The SMILES string of the molecule is I.NC(=NCc1cccc(OCCN2CCOCC2)c1)NCCCN1CCOCC1. The molecule has 1 aromatic carbocycles. The van der Waals surface area contributed by atoms with Crippen LogP contribution in [0.25, 0.3) is 0 Å². The molecule has 2 fully saturated rings. The summed E-state index contributed by atoms with van der Waals surface area (Å²) < 4.78 is 16.6. The number of guanidine groups is 1. The van der Waals surface area contributed by atoms with Crippen molar-refractivity contribution in [1.82, 2.24) is 15.1 Å². The highest BCUT2D eigenvalue weighted by molar-refractivity contribution is 14.0.